The van der Waals surface area contributed by atoms with E-state index in [0.29, 0.717) is 35.9 Å². The van der Waals surface area contributed by atoms with Crippen LogP contribution < -0.4 is 4.90 Å². The molecule has 8 nitrogen and oxygen atoms in total. The van der Waals surface area contributed by atoms with Crippen molar-refractivity contribution in [2.24, 2.45) is 0 Å². The van der Waals surface area contributed by atoms with Gasteiger partial charge in [0, 0.05) is 18.5 Å². The van der Waals surface area contributed by atoms with E-state index in [0.717, 1.165) is 34.6 Å². The van der Waals surface area contributed by atoms with Gasteiger partial charge in [-0.1, -0.05) is 24.3 Å². The van der Waals surface area contributed by atoms with Crippen LogP contribution in [0.5, 0.6) is 0 Å². The largest absolute Gasteiger partial charge is 0.477 e. The Bertz CT molecular complexity index is 1640. The average Bonchev–Trinajstić information content (AvgIpc) is 3.52. The number of benzene rings is 1. The van der Waals surface area contributed by atoms with Gasteiger partial charge in [0.15, 0.2) is 5.65 Å². The highest BCUT2D eigenvalue weighted by Gasteiger charge is 2.22. The molecule has 0 aliphatic carbocycles. The number of morpholine rings is 1. The second kappa shape index (κ2) is 8.83. The first kappa shape index (κ1) is 21.3. The molecule has 1 N–H and O–H groups in total. The fourth-order valence-electron chi connectivity index (χ4n) is 4.13. The number of aromatic carboxylic acids is 1. The third-order valence-corrected chi connectivity index (χ3v) is 6.89. The van der Waals surface area contributed by atoms with Crippen molar-refractivity contribution in [1.82, 2.24) is 19.6 Å². The topological polar surface area (TPSA) is 92.8 Å². The highest BCUT2D eigenvalue weighted by molar-refractivity contribution is 7.17. The van der Waals surface area contributed by atoms with Gasteiger partial charge in [0.05, 0.1) is 35.5 Å². The number of anilines is 1. The van der Waals surface area contributed by atoms with Gasteiger partial charge < -0.3 is 14.7 Å². The normalized spacial score (nSPS) is 13.7. The molecular weight excluding hydrogens is 462 g/mol. The predicted octanol–water partition coefficient (Wildman–Crippen LogP) is 3.94. The average molecular weight is 482 g/mol. The minimum atomic E-state index is -0.968. The first-order valence-corrected chi connectivity index (χ1v) is 11.9. The van der Waals surface area contributed by atoms with E-state index in [9.17, 15) is 9.90 Å². The lowest BCUT2D eigenvalue weighted by atomic mass is 10.2. The number of pyridine rings is 1. The maximum atomic E-state index is 11.5. The number of hydrogen-bond acceptors (Lipinski definition) is 7. The molecule has 5 heterocycles. The second-order valence-corrected chi connectivity index (χ2v) is 9.05. The lowest BCUT2D eigenvalue weighted by Crippen LogP contribution is -2.36. The number of carboxylic acids is 1. The molecule has 6 rings (SSSR count). The molecule has 1 aliphatic heterocycles. The molecule has 0 radical (unpaired) electrons. The second-order valence-electron chi connectivity index (χ2n) is 7.97. The molecule has 0 unspecified atom stereocenters. The fraction of sp³-hybridized carbons (Fsp3) is 0.154. The van der Waals surface area contributed by atoms with Gasteiger partial charge in [-0.3, -0.25) is 0 Å². The van der Waals surface area contributed by atoms with Gasteiger partial charge in [-0.2, -0.15) is 5.10 Å². The van der Waals surface area contributed by atoms with E-state index in [1.165, 1.54) is 11.3 Å². The van der Waals surface area contributed by atoms with Crippen molar-refractivity contribution in [1.29, 1.82) is 0 Å². The summed E-state index contributed by atoms with van der Waals surface area (Å²) in [4.78, 5) is 24.2. The summed E-state index contributed by atoms with van der Waals surface area (Å²) in [6, 6.07) is 17.1. The van der Waals surface area contributed by atoms with Gasteiger partial charge in [0.1, 0.15) is 22.0 Å². The zero-order chi connectivity index (χ0) is 23.8. The van der Waals surface area contributed by atoms with Crippen LogP contribution in [-0.4, -0.2) is 57.0 Å². The van der Waals surface area contributed by atoms with Crippen LogP contribution in [0.15, 0.2) is 60.8 Å². The summed E-state index contributed by atoms with van der Waals surface area (Å²) in [6.45, 7) is 2.81. The summed E-state index contributed by atoms with van der Waals surface area (Å²) in [5.41, 5.74) is 4.30. The monoisotopic (exact) mass is 481 g/mol. The third-order valence-electron chi connectivity index (χ3n) is 5.81. The van der Waals surface area contributed by atoms with Crippen molar-refractivity contribution in [2.45, 2.75) is 0 Å². The van der Waals surface area contributed by atoms with Crippen LogP contribution in [0.3, 0.4) is 0 Å². The van der Waals surface area contributed by atoms with Crippen LogP contribution in [0.1, 0.15) is 21.1 Å². The molecule has 9 heteroatoms. The smallest absolute Gasteiger partial charge is 0.345 e. The Balaban J connectivity index is 1.51. The molecule has 5 aromatic rings. The molecule has 0 atom stereocenters. The predicted molar refractivity (Wildman–Crippen MR) is 134 cm³/mol. The number of hydrogen-bond donors (Lipinski definition) is 1. The number of fused-ring (bicyclic) bond motifs is 2. The third kappa shape index (κ3) is 3.99. The van der Waals surface area contributed by atoms with Gasteiger partial charge >= 0.3 is 5.97 Å². The van der Waals surface area contributed by atoms with Crippen LogP contribution in [-0.2, 0) is 4.74 Å². The molecule has 0 bridgehead atoms. The minimum absolute atomic E-state index is 0.245. The van der Waals surface area contributed by atoms with Gasteiger partial charge in [0.25, 0.3) is 0 Å². The van der Waals surface area contributed by atoms with E-state index in [4.69, 9.17) is 9.72 Å². The molecule has 1 aromatic carbocycles. The SMILES string of the molecule is O=C(O)c1ccc(-c2c(C#Cc3ccc4ccccc4n3)nc3c(N4CCOCC4)ccnn23)s1. The van der Waals surface area contributed by atoms with Crippen LogP contribution in [0.25, 0.3) is 27.1 Å². The zero-order valence-electron chi connectivity index (χ0n) is 18.5. The van der Waals surface area contributed by atoms with Crippen LogP contribution in [0, 0.1) is 11.8 Å². The first-order chi connectivity index (χ1) is 17.2. The maximum absolute atomic E-state index is 11.5. The van der Waals surface area contributed by atoms with Crippen molar-refractivity contribution < 1.29 is 14.6 Å². The molecule has 1 aliphatic rings. The highest BCUT2D eigenvalue weighted by atomic mass is 32.1. The number of rotatable bonds is 3. The first-order valence-electron chi connectivity index (χ1n) is 11.1. The quantitative estimate of drug-likeness (QED) is 0.390. The Morgan fingerprint density at radius 3 is 2.69 bits per heavy atom. The van der Waals surface area contributed by atoms with Gasteiger partial charge in [-0.05, 0) is 42.2 Å². The molecule has 1 saturated heterocycles. The summed E-state index contributed by atoms with van der Waals surface area (Å²) in [5.74, 6) is 5.36. The molecule has 172 valence electrons. The number of aromatic nitrogens is 4. The fourth-order valence-corrected chi connectivity index (χ4v) is 5.01. The summed E-state index contributed by atoms with van der Waals surface area (Å²) >= 11 is 1.18. The Labute approximate surface area is 204 Å². The maximum Gasteiger partial charge on any atom is 0.345 e. The Morgan fingerprint density at radius 1 is 1.00 bits per heavy atom. The Hall–Kier alpha value is -4.26. The molecule has 0 spiro atoms. The molecular formula is C26H19N5O3S. The van der Waals surface area contributed by atoms with Gasteiger partial charge in [0.2, 0.25) is 0 Å². The summed E-state index contributed by atoms with van der Waals surface area (Å²) in [6.07, 6.45) is 1.73. The lowest BCUT2D eigenvalue weighted by Gasteiger charge is -2.28. The standard InChI is InChI=1S/C26H19N5O3S/c32-26(33)23-10-9-22(35-23)24-20(8-7-18-6-5-17-3-1-2-4-19(17)28-18)29-25-21(11-12-27-31(24)25)30-13-15-34-16-14-30/h1-6,9-12H,13-16H2,(H,32,33). The van der Waals surface area contributed by atoms with Crippen molar-refractivity contribution >= 4 is 39.5 Å². The van der Waals surface area contributed by atoms with E-state index >= 15 is 0 Å². The highest BCUT2D eigenvalue weighted by Crippen LogP contribution is 2.33. The van der Waals surface area contributed by atoms with Crippen LogP contribution in [0.2, 0.25) is 0 Å². The summed E-state index contributed by atoms with van der Waals surface area (Å²) < 4.78 is 7.26. The van der Waals surface area contributed by atoms with E-state index in [1.807, 2.05) is 42.5 Å². The number of thiophene rings is 1. The van der Waals surface area contributed by atoms with Gasteiger partial charge in [-0.15, -0.1) is 11.3 Å². The van der Waals surface area contributed by atoms with Crippen molar-refractivity contribution in [3.63, 3.8) is 0 Å². The molecule has 1 fully saturated rings. The minimum Gasteiger partial charge on any atom is -0.477 e. The Kier molecular flexibility index (Phi) is 5.37. The number of carbonyl (C=O) groups is 1. The van der Waals surface area contributed by atoms with Crippen molar-refractivity contribution in [3.05, 3.63) is 77.1 Å². The lowest BCUT2D eigenvalue weighted by molar-refractivity contribution is 0.0702. The van der Waals surface area contributed by atoms with E-state index in [1.54, 1.807) is 22.8 Å². The number of nitrogens with zero attached hydrogens (tertiary/aromatic N) is 5. The number of para-hydroxylation sites is 1. The van der Waals surface area contributed by atoms with E-state index in [2.05, 4.69) is 26.8 Å². The Morgan fingerprint density at radius 2 is 1.86 bits per heavy atom. The molecule has 0 amide bonds. The number of carboxylic acid groups (broad SMARTS) is 1. The van der Waals surface area contributed by atoms with E-state index in [-0.39, 0.29) is 4.88 Å². The van der Waals surface area contributed by atoms with E-state index < -0.39 is 5.97 Å². The molecule has 4 aromatic heterocycles. The summed E-state index contributed by atoms with van der Waals surface area (Å²) in [5, 5.41) is 15.1. The van der Waals surface area contributed by atoms with Crippen LogP contribution >= 0.6 is 11.3 Å². The number of imidazole rings is 1. The number of ether oxygens (including phenoxy) is 1. The van der Waals surface area contributed by atoms with Crippen molar-refractivity contribution in [3.8, 4) is 22.4 Å². The zero-order valence-corrected chi connectivity index (χ0v) is 19.3. The van der Waals surface area contributed by atoms with Crippen LogP contribution in [0.4, 0.5) is 5.69 Å². The molecule has 0 saturated carbocycles. The molecule has 35 heavy (non-hydrogen) atoms. The van der Waals surface area contributed by atoms with Crippen molar-refractivity contribution in [2.75, 3.05) is 31.2 Å². The van der Waals surface area contributed by atoms with Gasteiger partial charge in [-0.25, -0.2) is 19.3 Å². The summed E-state index contributed by atoms with van der Waals surface area (Å²) in [7, 11) is 0.